The Bertz CT molecular complexity index is 595. The normalized spacial score (nSPS) is 12.9. The summed E-state index contributed by atoms with van der Waals surface area (Å²) >= 11 is 0. The molecule has 154 valence electrons. The zero-order valence-electron chi connectivity index (χ0n) is 18.9. The Balaban J connectivity index is 2.91. The second-order valence-corrected chi connectivity index (χ2v) is 14.6. The van der Waals surface area contributed by atoms with E-state index in [0.717, 1.165) is 6.54 Å². The van der Waals surface area contributed by atoms with Crippen molar-refractivity contribution in [1.82, 2.24) is 0 Å². The predicted octanol–water partition coefficient (Wildman–Crippen LogP) is 7.43. The van der Waals surface area contributed by atoms with Crippen LogP contribution in [0.2, 0.25) is 0 Å². The summed E-state index contributed by atoms with van der Waals surface area (Å²) in [5.74, 6) is 0. The van der Waals surface area contributed by atoms with Gasteiger partial charge in [0.2, 0.25) is 0 Å². The van der Waals surface area contributed by atoms with Gasteiger partial charge in [0.15, 0.2) is 0 Å². The Morgan fingerprint density at radius 3 is 2.41 bits per heavy atom. The van der Waals surface area contributed by atoms with Crippen LogP contribution in [0.1, 0.15) is 63.5 Å². The number of benzene rings is 1. The van der Waals surface area contributed by atoms with E-state index in [4.69, 9.17) is 0 Å². The van der Waals surface area contributed by atoms with E-state index in [0.29, 0.717) is 0 Å². The molecule has 0 heterocycles. The molecule has 2 heteroatoms. The molecular formula is C25H44NP. The Hall–Kier alpha value is -1.07. The van der Waals surface area contributed by atoms with Crippen LogP contribution < -0.4 is 4.90 Å². The van der Waals surface area contributed by atoms with Gasteiger partial charge < -0.3 is 0 Å². The first-order valence-corrected chi connectivity index (χ1v) is 14.7. The van der Waals surface area contributed by atoms with Crippen LogP contribution in [-0.4, -0.2) is 32.7 Å². The molecule has 0 saturated carbocycles. The second kappa shape index (κ2) is 12.4. The van der Waals surface area contributed by atoms with Crippen LogP contribution in [0.15, 0.2) is 42.6 Å². The van der Waals surface area contributed by atoms with Crippen LogP contribution in [0.25, 0.3) is 0 Å². The van der Waals surface area contributed by atoms with E-state index in [1.807, 2.05) is 6.08 Å². The molecule has 0 N–H and O–H groups in total. The number of nitrogens with zero attached hydrogens (tertiary/aromatic N) is 1. The van der Waals surface area contributed by atoms with Crippen LogP contribution >= 0.6 is 7.26 Å². The minimum absolute atomic E-state index is 0.947. The van der Waals surface area contributed by atoms with E-state index < -0.39 is 7.26 Å². The number of unbranched alkanes of at least 4 members (excludes halogenated alkanes) is 4. The van der Waals surface area contributed by atoms with Crippen molar-refractivity contribution in [2.45, 2.75) is 65.7 Å². The monoisotopic (exact) mass is 389 g/mol. The summed E-state index contributed by atoms with van der Waals surface area (Å²) in [6, 6.07) is 7.04. The van der Waals surface area contributed by atoms with E-state index in [2.05, 4.69) is 76.5 Å². The molecule has 0 saturated heterocycles. The fourth-order valence-electron chi connectivity index (χ4n) is 3.55. The van der Waals surface area contributed by atoms with E-state index in [-0.39, 0.29) is 0 Å². The Kier molecular flexibility index (Phi) is 11.0. The molecule has 0 aliphatic heterocycles. The molecule has 1 aromatic rings. The first kappa shape index (κ1) is 24.0. The molecule has 1 rings (SSSR count). The molecular weight excluding hydrogens is 345 g/mol. The average molecular weight is 390 g/mol. The Labute approximate surface area is 170 Å². The zero-order valence-corrected chi connectivity index (χ0v) is 19.9. The van der Waals surface area contributed by atoms with Gasteiger partial charge in [-0.15, -0.1) is 0 Å². The first-order valence-electron chi connectivity index (χ1n) is 11.0. The van der Waals surface area contributed by atoms with Gasteiger partial charge in [-0.2, -0.15) is 0 Å². The quantitative estimate of drug-likeness (QED) is 0.192. The van der Waals surface area contributed by atoms with Crippen molar-refractivity contribution in [1.29, 1.82) is 0 Å². The molecule has 0 atom stereocenters. The molecule has 0 bridgehead atoms. The van der Waals surface area contributed by atoms with Gasteiger partial charge in [0.25, 0.3) is 0 Å². The summed E-state index contributed by atoms with van der Waals surface area (Å²) in [6.07, 6.45) is 14.7. The molecule has 0 fully saturated rings. The van der Waals surface area contributed by atoms with Gasteiger partial charge in [-0.3, -0.25) is 0 Å². The molecule has 27 heavy (non-hydrogen) atoms. The van der Waals surface area contributed by atoms with Crippen molar-refractivity contribution in [3.63, 3.8) is 0 Å². The third kappa shape index (κ3) is 9.11. The van der Waals surface area contributed by atoms with Crippen LogP contribution in [0.4, 0.5) is 5.69 Å². The molecule has 1 nitrogen and oxygen atoms in total. The number of allylic oxidation sites excluding steroid dienone is 2. The maximum absolute atomic E-state index is 4.06. The third-order valence-electron chi connectivity index (χ3n) is 5.26. The number of hydrogen-bond acceptors (Lipinski definition) is 1. The number of aryl methyl sites for hydroxylation is 2. The van der Waals surface area contributed by atoms with Crippen molar-refractivity contribution in [2.24, 2.45) is 0 Å². The molecule has 0 aromatic heterocycles. The molecule has 0 radical (unpaired) electrons. The third-order valence-corrected chi connectivity index (χ3v) is 7.11. The Morgan fingerprint density at radius 2 is 1.81 bits per heavy atom. The van der Waals surface area contributed by atoms with Gasteiger partial charge >= 0.3 is 157 Å². The van der Waals surface area contributed by atoms with Crippen LogP contribution in [0.5, 0.6) is 0 Å². The van der Waals surface area contributed by atoms with Crippen LogP contribution in [-0.2, 0) is 6.42 Å². The second-order valence-electron chi connectivity index (χ2n) is 9.02. The molecule has 1 aromatic carbocycles. The summed E-state index contributed by atoms with van der Waals surface area (Å²) in [5.41, 5.74) is 5.43. The van der Waals surface area contributed by atoms with E-state index in [1.165, 1.54) is 73.6 Å². The zero-order chi connectivity index (χ0) is 20.3. The first-order chi connectivity index (χ1) is 12.8. The fraction of sp³-hybridized carbons (Fsp3) is 0.600. The number of anilines is 1. The van der Waals surface area contributed by atoms with Gasteiger partial charge in [-0.05, 0) is 0 Å². The Morgan fingerprint density at radius 1 is 1.07 bits per heavy atom. The predicted molar refractivity (Wildman–Crippen MR) is 131 cm³/mol. The number of rotatable bonds is 13. The van der Waals surface area contributed by atoms with E-state index in [9.17, 15) is 0 Å². The van der Waals surface area contributed by atoms with Gasteiger partial charge in [-0.1, -0.05) is 13.3 Å². The maximum atomic E-state index is 4.06. The van der Waals surface area contributed by atoms with Crippen molar-refractivity contribution in [3.8, 4) is 0 Å². The van der Waals surface area contributed by atoms with Gasteiger partial charge in [0, 0.05) is 0 Å². The van der Waals surface area contributed by atoms with Gasteiger partial charge in [-0.25, -0.2) is 0 Å². The molecule has 0 aliphatic rings. The van der Waals surface area contributed by atoms with Gasteiger partial charge in [0.1, 0.15) is 0 Å². The van der Waals surface area contributed by atoms with Crippen molar-refractivity contribution in [2.75, 3.05) is 37.6 Å². The molecule has 0 spiro atoms. The van der Waals surface area contributed by atoms with Crippen LogP contribution in [0, 0.1) is 6.92 Å². The topological polar surface area (TPSA) is 3.24 Å². The van der Waals surface area contributed by atoms with Crippen molar-refractivity contribution < 1.29 is 0 Å². The van der Waals surface area contributed by atoms with Crippen molar-refractivity contribution in [3.05, 3.63) is 53.8 Å². The summed E-state index contributed by atoms with van der Waals surface area (Å²) in [7, 11) is -0.947. The minimum atomic E-state index is -0.947. The average Bonchev–Trinajstić information content (AvgIpc) is 2.62. The summed E-state index contributed by atoms with van der Waals surface area (Å²) in [4.78, 5) is 2.49. The SMILES string of the molecule is C=CC(=CC)N(CCCC[PH](C)(C)C)c1cc(CCCCCC)ccc1C. The van der Waals surface area contributed by atoms with Gasteiger partial charge in [0.05, 0.1) is 0 Å². The van der Waals surface area contributed by atoms with E-state index >= 15 is 0 Å². The summed E-state index contributed by atoms with van der Waals surface area (Å²) in [6.45, 7) is 19.2. The molecule has 0 amide bonds. The van der Waals surface area contributed by atoms with E-state index in [1.54, 1.807) is 0 Å². The summed E-state index contributed by atoms with van der Waals surface area (Å²) < 4.78 is 0. The van der Waals surface area contributed by atoms with Crippen molar-refractivity contribution >= 4 is 12.9 Å². The number of hydrogen-bond donors (Lipinski definition) is 0. The summed E-state index contributed by atoms with van der Waals surface area (Å²) in [5, 5.41) is 0. The molecule has 0 unspecified atom stereocenters. The van der Waals surface area contributed by atoms with Crippen LogP contribution in [0.3, 0.4) is 0 Å². The molecule has 0 aliphatic carbocycles. The standard InChI is InChI=1S/C25H44NP/c1-8-11-12-13-16-23-18-17-22(4)25(21-23)26(24(9-2)10-3)19-14-15-20-27(5,6)7/h9-10,17-18,21,27H,2,8,11-16,19-20H2,1,3-7H3. The fourth-order valence-corrected chi connectivity index (χ4v) is 4.87.